The summed E-state index contributed by atoms with van der Waals surface area (Å²) < 4.78 is 25.7. The summed E-state index contributed by atoms with van der Waals surface area (Å²) >= 11 is 0. The molecular weight excluding hydrogens is 274 g/mol. The quantitative estimate of drug-likeness (QED) is 0.880. The zero-order chi connectivity index (χ0) is 15.5. The van der Waals surface area contributed by atoms with Crippen LogP contribution in [0, 0.1) is 11.6 Å². The van der Waals surface area contributed by atoms with E-state index in [9.17, 15) is 13.6 Å². The Balaban J connectivity index is 2.03. The lowest BCUT2D eigenvalue weighted by atomic mass is 9.94. The number of benzene rings is 2. The number of carbonyl (C=O) groups excluding carboxylic acids is 1. The van der Waals surface area contributed by atoms with Gasteiger partial charge in [0.05, 0.1) is 5.54 Å². The minimum absolute atomic E-state index is 0.328. The van der Waals surface area contributed by atoms with Crippen LogP contribution in [0.3, 0.4) is 0 Å². The molecule has 21 heavy (non-hydrogen) atoms. The average Bonchev–Trinajstić information content (AvgIpc) is 2.41. The van der Waals surface area contributed by atoms with Crippen LogP contribution in [0.15, 0.2) is 48.5 Å². The molecule has 0 bridgehead atoms. The summed E-state index contributed by atoms with van der Waals surface area (Å²) in [6.45, 7) is 3.62. The molecule has 5 heteroatoms. The van der Waals surface area contributed by atoms with Crippen molar-refractivity contribution in [2.45, 2.75) is 19.4 Å². The molecule has 0 radical (unpaired) electrons. The van der Waals surface area contributed by atoms with E-state index in [0.717, 1.165) is 5.56 Å². The summed E-state index contributed by atoms with van der Waals surface area (Å²) in [6.07, 6.45) is 0. The van der Waals surface area contributed by atoms with Crippen LogP contribution in [0.5, 0.6) is 0 Å². The maximum absolute atomic E-state index is 12.9. The number of rotatable bonds is 3. The minimum atomic E-state index is -0.669. The van der Waals surface area contributed by atoms with Gasteiger partial charge in [-0.15, -0.1) is 0 Å². The summed E-state index contributed by atoms with van der Waals surface area (Å²) in [5, 5.41) is 5.40. The number of urea groups is 1. The van der Waals surface area contributed by atoms with Gasteiger partial charge in [0.15, 0.2) is 0 Å². The zero-order valence-corrected chi connectivity index (χ0v) is 11.8. The highest BCUT2D eigenvalue weighted by Gasteiger charge is 2.22. The van der Waals surface area contributed by atoms with Crippen LogP contribution in [0.4, 0.5) is 19.3 Å². The van der Waals surface area contributed by atoms with Gasteiger partial charge in [-0.25, -0.2) is 13.6 Å². The van der Waals surface area contributed by atoms with Crippen molar-refractivity contribution in [1.82, 2.24) is 5.32 Å². The third-order valence-electron chi connectivity index (χ3n) is 3.09. The Morgan fingerprint density at radius 2 is 1.38 bits per heavy atom. The second-order valence-electron chi connectivity index (χ2n) is 5.22. The maximum Gasteiger partial charge on any atom is 0.319 e. The van der Waals surface area contributed by atoms with Crippen molar-refractivity contribution in [3.8, 4) is 0 Å². The van der Waals surface area contributed by atoms with E-state index in [1.54, 1.807) is 12.1 Å². The number of anilines is 1. The van der Waals surface area contributed by atoms with Crippen LogP contribution in [-0.2, 0) is 5.54 Å². The van der Waals surface area contributed by atoms with Crippen molar-refractivity contribution in [3.63, 3.8) is 0 Å². The largest absolute Gasteiger partial charge is 0.329 e. The van der Waals surface area contributed by atoms with Crippen molar-refractivity contribution in [1.29, 1.82) is 0 Å². The van der Waals surface area contributed by atoms with Gasteiger partial charge in [-0.05, 0) is 55.8 Å². The fourth-order valence-electron chi connectivity index (χ4n) is 1.92. The lowest BCUT2D eigenvalue weighted by Crippen LogP contribution is -2.43. The Bertz CT molecular complexity index is 622. The topological polar surface area (TPSA) is 41.1 Å². The van der Waals surface area contributed by atoms with Gasteiger partial charge in [-0.3, -0.25) is 0 Å². The van der Waals surface area contributed by atoms with Gasteiger partial charge in [0, 0.05) is 5.69 Å². The first-order chi connectivity index (χ1) is 9.87. The van der Waals surface area contributed by atoms with E-state index < -0.39 is 11.6 Å². The van der Waals surface area contributed by atoms with Crippen LogP contribution in [-0.4, -0.2) is 6.03 Å². The number of hydrogen-bond acceptors (Lipinski definition) is 1. The van der Waals surface area contributed by atoms with Gasteiger partial charge in [0.25, 0.3) is 0 Å². The number of halogens is 2. The first-order valence-electron chi connectivity index (χ1n) is 6.47. The predicted molar refractivity (Wildman–Crippen MR) is 78.0 cm³/mol. The average molecular weight is 290 g/mol. The number of amides is 2. The van der Waals surface area contributed by atoms with E-state index in [2.05, 4.69) is 10.6 Å². The van der Waals surface area contributed by atoms with Gasteiger partial charge in [-0.1, -0.05) is 12.1 Å². The molecule has 2 N–H and O–H groups in total. The monoisotopic (exact) mass is 290 g/mol. The molecule has 0 aliphatic carbocycles. The number of nitrogens with one attached hydrogen (secondary N) is 2. The van der Waals surface area contributed by atoms with Crippen molar-refractivity contribution in [3.05, 3.63) is 65.7 Å². The summed E-state index contributed by atoms with van der Waals surface area (Å²) in [6, 6.07) is 11.0. The van der Waals surface area contributed by atoms with Crippen molar-refractivity contribution in [2.75, 3.05) is 5.32 Å². The van der Waals surface area contributed by atoms with Crippen molar-refractivity contribution in [2.24, 2.45) is 0 Å². The van der Waals surface area contributed by atoms with Gasteiger partial charge in [0.2, 0.25) is 0 Å². The van der Waals surface area contributed by atoms with Gasteiger partial charge in [0.1, 0.15) is 11.6 Å². The molecule has 0 atom stereocenters. The fourth-order valence-corrected chi connectivity index (χ4v) is 1.92. The smallest absolute Gasteiger partial charge is 0.319 e. The highest BCUT2D eigenvalue weighted by Crippen LogP contribution is 2.20. The molecule has 0 saturated heterocycles. The van der Waals surface area contributed by atoms with E-state index in [1.807, 2.05) is 13.8 Å². The van der Waals surface area contributed by atoms with E-state index in [-0.39, 0.29) is 11.6 Å². The molecule has 0 fully saturated rings. The summed E-state index contributed by atoms with van der Waals surface area (Å²) in [5.41, 5.74) is 0.597. The molecule has 0 aromatic heterocycles. The third kappa shape index (κ3) is 4.02. The van der Waals surface area contributed by atoms with E-state index in [4.69, 9.17) is 0 Å². The summed E-state index contributed by atoms with van der Waals surface area (Å²) in [7, 11) is 0. The minimum Gasteiger partial charge on any atom is -0.329 e. The fraction of sp³-hybridized carbons (Fsp3) is 0.188. The highest BCUT2D eigenvalue weighted by molar-refractivity contribution is 5.89. The SMILES string of the molecule is CC(C)(NC(=O)Nc1ccc(F)cc1)c1ccc(F)cc1. The van der Waals surface area contributed by atoms with Crippen LogP contribution >= 0.6 is 0 Å². The molecule has 110 valence electrons. The number of hydrogen-bond donors (Lipinski definition) is 2. The molecular formula is C16H16F2N2O. The normalized spacial score (nSPS) is 11.0. The lowest BCUT2D eigenvalue weighted by molar-refractivity contribution is 0.242. The second kappa shape index (κ2) is 5.91. The molecule has 2 amide bonds. The molecule has 0 spiro atoms. The lowest BCUT2D eigenvalue weighted by Gasteiger charge is -2.27. The standard InChI is InChI=1S/C16H16F2N2O/c1-16(2,11-3-5-12(17)6-4-11)20-15(21)19-14-9-7-13(18)8-10-14/h3-10H,1-2H3,(H2,19,20,21). The zero-order valence-electron chi connectivity index (χ0n) is 11.8. The van der Waals surface area contributed by atoms with Crippen LogP contribution in [0.2, 0.25) is 0 Å². The predicted octanol–water partition coefficient (Wildman–Crippen LogP) is 4.02. The molecule has 0 saturated carbocycles. The van der Waals surface area contributed by atoms with Crippen LogP contribution in [0.1, 0.15) is 19.4 Å². The van der Waals surface area contributed by atoms with E-state index in [0.29, 0.717) is 5.69 Å². The summed E-state index contributed by atoms with van der Waals surface area (Å²) in [5.74, 6) is -0.696. The molecule has 0 aliphatic heterocycles. The van der Waals surface area contributed by atoms with Crippen LogP contribution < -0.4 is 10.6 Å². The molecule has 2 rings (SSSR count). The van der Waals surface area contributed by atoms with E-state index in [1.165, 1.54) is 36.4 Å². The first-order valence-corrected chi connectivity index (χ1v) is 6.47. The third-order valence-corrected chi connectivity index (χ3v) is 3.09. The summed E-state index contributed by atoms with van der Waals surface area (Å²) in [4.78, 5) is 12.0. The Morgan fingerprint density at radius 1 is 0.905 bits per heavy atom. The Morgan fingerprint density at radius 3 is 1.90 bits per heavy atom. The van der Waals surface area contributed by atoms with Gasteiger partial charge < -0.3 is 10.6 Å². The molecule has 0 heterocycles. The van der Waals surface area contributed by atoms with Crippen LogP contribution in [0.25, 0.3) is 0 Å². The second-order valence-corrected chi connectivity index (χ2v) is 5.22. The molecule has 2 aromatic carbocycles. The highest BCUT2D eigenvalue weighted by atomic mass is 19.1. The van der Waals surface area contributed by atoms with Crippen molar-refractivity contribution >= 4 is 11.7 Å². The van der Waals surface area contributed by atoms with Gasteiger partial charge >= 0.3 is 6.03 Å². The van der Waals surface area contributed by atoms with Gasteiger partial charge in [-0.2, -0.15) is 0 Å². The maximum atomic E-state index is 12.9. The Kier molecular flexibility index (Phi) is 4.21. The molecule has 3 nitrogen and oxygen atoms in total. The number of carbonyl (C=O) groups is 1. The van der Waals surface area contributed by atoms with Crippen molar-refractivity contribution < 1.29 is 13.6 Å². The Labute approximate surface area is 122 Å². The molecule has 2 aromatic rings. The molecule has 0 unspecified atom stereocenters. The Hall–Kier alpha value is -2.43. The first kappa shape index (κ1) is 15.0. The molecule has 0 aliphatic rings. The van der Waals surface area contributed by atoms with E-state index >= 15 is 0 Å².